The van der Waals surface area contributed by atoms with Crippen LogP contribution in [0.1, 0.15) is 53.3 Å². The van der Waals surface area contributed by atoms with Gasteiger partial charge in [0, 0.05) is 21.5 Å². The number of nitrogens with one attached hydrogen (secondary N) is 3. The van der Waals surface area contributed by atoms with Gasteiger partial charge >= 0.3 is 0 Å². The summed E-state index contributed by atoms with van der Waals surface area (Å²) in [5.41, 5.74) is 3.70. The van der Waals surface area contributed by atoms with Crippen LogP contribution in [0.4, 0.5) is 22.7 Å². The first-order valence-electron chi connectivity index (χ1n) is 13.1. The third-order valence-corrected chi connectivity index (χ3v) is 6.56. The summed E-state index contributed by atoms with van der Waals surface area (Å²) >= 11 is 3.45. The lowest BCUT2D eigenvalue weighted by Gasteiger charge is -2.15. The zero-order chi connectivity index (χ0) is 27.5. The molecule has 0 saturated heterocycles. The van der Waals surface area contributed by atoms with Crippen molar-refractivity contribution in [2.75, 3.05) is 22.6 Å². The Morgan fingerprint density at radius 2 is 1.36 bits per heavy atom. The van der Waals surface area contributed by atoms with Gasteiger partial charge in [-0.25, -0.2) is 0 Å². The Kier molecular flexibility index (Phi) is 10.1. The van der Waals surface area contributed by atoms with Gasteiger partial charge < -0.3 is 20.7 Å². The van der Waals surface area contributed by atoms with Crippen LogP contribution < -0.4 is 20.7 Å². The minimum atomic E-state index is -0.351. The smallest absolute Gasteiger partial charge is 0.259 e. The number of halogens is 1. The number of hydrogen-bond donors (Lipinski definition) is 3. The molecule has 0 aliphatic heterocycles. The van der Waals surface area contributed by atoms with E-state index in [0.717, 1.165) is 41.5 Å². The van der Waals surface area contributed by atoms with Gasteiger partial charge in [0.25, 0.3) is 11.8 Å². The van der Waals surface area contributed by atoms with E-state index in [0.29, 0.717) is 34.9 Å². The number of unbranched alkanes of at least 4 members (excludes halogenated alkanes) is 3. The summed E-state index contributed by atoms with van der Waals surface area (Å²) in [6, 6.07) is 29.6. The molecular formula is C32H32BrN3O3. The van der Waals surface area contributed by atoms with Crippen LogP contribution in [0.25, 0.3) is 0 Å². The summed E-state index contributed by atoms with van der Waals surface area (Å²) in [6.07, 6.45) is 4.32. The lowest BCUT2D eigenvalue weighted by atomic mass is 10.1. The molecule has 6 nitrogen and oxygen atoms in total. The fraction of sp³-hybridized carbons (Fsp3) is 0.188. The third kappa shape index (κ3) is 8.19. The van der Waals surface area contributed by atoms with Crippen LogP contribution in [0.2, 0.25) is 0 Å². The molecule has 0 fully saturated rings. The van der Waals surface area contributed by atoms with Crippen molar-refractivity contribution in [2.45, 2.75) is 32.6 Å². The van der Waals surface area contributed by atoms with E-state index in [1.807, 2.05) is 60.7 Å². The monoisotopic (exact) mass is 585 g/mol. The van der Waals surface area contributed by atoms with Crippen LogP contribution in [0, 0.1) is 0 Å². The van der Waals surface area contributed by atoms with Crippen molar-refractivity contribution >= 4 is 50.5 Å². The molecular weight excluding hydrogens is 554 g/mol. The number of ether oxygens (including phenoxy) is 1. The molecule has 0 aromatic heterocycles. The maximum absolute atomic E-state index is 13.3. The summed E-state index contributed by atoms with van der Waals surface area (Å²) < 4.78 is 6.70. The van der Waals surface area contributed by atoms with Crippen LogP contribution in [0.3, 0.4) is 0 Å². The van der Waals surface area contributed by atoms with E-state index < -0.39 is 0 Å². The van der Waals surface area contributed by atoms with E-state index in [-0.39, 0.29) is 11.8 Å². The molecule has 2 amide bonds. The molecule has 39 heavy (non-hydrogen) atoms. The van der Waals surface area contributed by atoms with Gasteiger partial charge in [0.2, 0.25) is 0 Å². The first-order valence-corrected chi connectivity index (χ1v) is 13.9. The van der Waals surface area contributed by atoms with Gasteiger partial charge in [0.05, 0.1) is 23.4 Å². The second-order valence-corrected chi connectivity index (χ2v) is 9.99. The number of carbonyl (C=O) groups is 2. The number of hydrogen-bond acceptors (Lipinski definition) is 4. The summed E-state index contributed by atoms with van der Waals surface area (Å²) in [4.78, 5) is 26.5. The van der Waals surface area contributed by atoms with E-state index in [1.165, 1.54) is 0 Å². The van der Waals surface area contributed by atoms with Gasteiger partial charge in [-0.1, -0.05) is 72.4 Å². The molecule has 0 spiro atoms. The largest absolute Gasteiger partial charge is 0.493 e. The third-order valence-electron chi connectivity index (χ3n) is 6.07. The molecule has 4 aromatic carbocycles. The fourth-order valence-corrected chi connectivity index (χ4v) is 4.38. The van der Waals surface area contributed by atoms with Gasteiger partial charge in [0.15, 0.2) is 0 Å². The van der Waals surface area contributed by atoms with Gasteiger partial charge in [-0.3, -0.25) is 9.59 Å². The van der Waals surface area contributed by atoms with Crippen LogP contribution in [-0.2, 0) is 0 Å². The summed E-state index contributed by atoms with van der Waals surface area (Å²) in [5, 5.41) is 9.13. The van der Waals surface area contributed by atoms with Gasteiger partial charge in [-0.15, -0.1) is 0 Å². The zero-order valence-corrected chi connectivity index (χ0v) is 23.5. The van der Waals surface area contributed by atoms with Crippen LogP contribution in [0.15, 0.2) is 102 Å². The molecule has 0 unspecified atom stereocenters. The van der Waals surface area contributed by atoms with Crippen LogP contribution in [0.5, 0.6) is 5.75 Å². The molecule has 0 saturated carbocycles. The second kappa shape index (κ2) is 14.2. The Balaban J connectivity index is 1.43. The molecule has 7 heteroatoms. The average Bonchev–Trinajstić information content (AvgIpc) is 2.95. The Morgan fingerprint density at radius 3 is 2.13 bits per heavy atom. The SMILES string of the molecule is CCCCCCOc1ccc(Br)cc1C(=O)Nc1ccccc1C(=O)Nc1ccc(Nc2ccccc2)cc1. The molecule has 200 valence electrons. The zero-order valence-electron chi connectivity index (χ0n) is 21.9. The highest BCUT2D eigenvalue weighted by atomic mass is 79.9. The quantitative estimate of drug-likeness (QED) is 0.145. The minimum absolute atomic E-state index is 0.323. The molecule has 0 heterocycles. The van der Waals surface area contributed by atoms with Crippen molar-refractivity contribution in [2.24, 2.45) is 0 Å². The highest BCUT2D eigenvalue weighted by Crippen LogP contribution is 2.26. The Morgan fingerprint density at radius 1 is 0.692 bits per heavy atom. The maximum atomic E-state index is 13.3. The van der Waals surface area contributed by atoms with Crippen molar-refractivity contribution in [3.8, 4) is 5.75 Å². The average molecular weight is 587 g/mol. The number of carbonyl (C=O) groups excluding carboxylic acids is 2. The number of anilines is 4. The predicted octanol–water partition coefficient (Wildman–Crippen LogP) is 8.66. The Hall–Kier alpha value is -4.10. The maximum Gasteiger partial charge on any atom is 0.259 e. The minimum Gasteiger partial charge on any atom is -0.493 e. The van der Waals surface area contributed by atoms with E-state index in [2.05, 4.69) is 38.8 Å². The summed E-state index contributed by atoms with van der Waals surface area (Å²) in [6.45, 7) is 2.71. The Labute approximate surface area is 237 Å². The number of para-hydroxylation sites is 2. The molecule has 0 atom stereocenters. The van der Waals surface area contributed by atoms with Gasteiger partial charge in [0.1, 0.15) is 5.75 Å². The topological polar surface area (TPSA) is 79.5 Å². The number of benzene rings is 4. The number of amides is 2. The summed E-state index contributed by atoms with van der Waals surface area (Å²) in [7, 11) is 0. The van der Waals surface area contributed by atoms with Crippen molar-refractivity contribution in [1.82, 2.24) is 0 Å². The van der Waals surface area contributed by atoms with Crippen molar-refractivity contribution in [3.63, 3.8) is 0 Å². The first kappa shape index (κ1) is 27.9. The standard InChI is InChI=1S/C32H32BrN3O3/c1-2-3-4-10-21-39-30-20-15-23(33)22-28(30)32(38)36-29-14-9-8-13-27(29)31(37)35-26-18-16-25(17-19-26)34-24-11-6-5-7-12-24/h5-9,11-20,22,34H,2-4,10,21H2,1H3,(H,35,37)(H,36,38). The fourth-order valence-electron chi connectivity index (χ4n) is 4.02. The molecule has 0 radical (unpaired) electrons. The molecule has 3 N–H and O–H groups in total. The van der Waals surface area contributed by atoms with Crippen LogP contribution in [-0.4, -0.2) is 18.4 Å². The van der Waals surface area contributed by atoms with E-state index >= 15 is 0 Å². The molecule has 4 rings (SSSR count). The number of rotatable bonds is 12. The molecule has 0 aliphatic rings. The summed E-state index contributed by atoms with van der Waals surface area (Å²) in [5.74, 6) is -0.161. The Bertz CT molecular complexity index is 1390. The normalized spacial score (nSPS) is 10.5. The predicted molar refractivity (Wildman–Crippen MR) is 162 cm³/mol. The van der Waals surface area contributed by atoms with Crippen LogP contribution >= 0.6 is 15.9 Å². The second-order valence-electron chi connectivity index (χ2n) is 9.07. The lowest BCUT2D eigenvalue weighted by Crippen LogP contribution is -2.19. The van der Waals surface area contributed by atoms with Crippen molar-refractivity contribution in [1.29, 1.82) is 0 Å². The highest BCUT2D eigenvalue weighted by Gasteiger charge is 2.18. The lowest BCUT2D eigenvalue weighted by molar-refractivity contribution is 0.102. The highest BCUT2D eigenvalue weighted by molar-refractivity contribution is 9.10. The van der Waals surface area contributed by atoms with E-state index in [9.17, 15) is 9.59 Å². The van der Waals surface area contributed by atoms with Gasteiger partial charge in [-0.2, -0.15) is 0 Å². The van der Waals surface area contributed by atoms with Crippen molar-refractivity contribution in [3.05, 3.63) is 113 Å². The van der Waals surface area contributed by atoms with Crippen molar-refractivity contribution < 1.29 is 14.3 Å². The van der Waals surface area contributed by atoms with E-state index in [1.54, 1.807) is 36.4 Å². The first-order chi connectivity index (χ1) is 19.0. The molecule has 0 aliphatic carbocycles. The van der Waals surface area contributed by atoms with E-state index in [4.69, 9.17) is 4.74 Å². The molecule has 0 bridgehead atoms. The molecule has 4 aromatic rings. The van der Waals surface area contributed by atoms with Gasteiger partial charge in [-0.05, 0) is 73.2 Å².